The number of anilines is 1. The van der Waals surface area contributed by atoms with Crippen LogP contribution in [0.4, 0.5) is 5.69 Å². The van der Waals surface area contributed by atoms with Crippen LogP contribution in [0.25, 0.3) is 0 Å². The van der Waals surface area contributed by atoms with Gasteiger partial charge in [-0.1, -0.05) is 23.4 Å². The number of hydrogen-bond acceptors (Lipinski definition) is 5. The monoisotopic (exact) mass is 405 g/mol. The van der Waals surface area contributed by atoms with Crippen LogP contribution in [0.3, 0.4) is 0 Å². The first-order valence-electron chi connectivity index (χ1n) is 6.38. The number of nitrogens with zero attached hydrogens (tertiary/aromatic N) is 1. The highest BCUT2D eigenvalue weighted by Crippen LogP contribution is 2.36. The van der Waals surface area contributed by atoms with Gasteiger partial charge in [-0.05, 0) is 28.1 Å². The van der Waals surface area contributed by atoms with Crippen molar-refractivity contribution >= 4 is 62.0 Å². The molecular weight excluding hydrogens is 394 g/mol. The third-order valence-corrected chi connectivity index (χ3v) is 5.33. The number of carbonyl (C=O) groups is 3. The van der Waals surface area contributed by atoms with E-state index in [2.05, 4.69) is 15.9 Å². The van der Waals surface area contributed by atoms with Gasteiger partial charge >= 0.3 is 5.97 Å². The maximum absolute atomic E-state index is 12.2. The normalized spacial score (nSPS) is 17.7. The molecule has 1 saturated heterocycles. The summed E-state index contributed by atoms with van der Waals surface area (Å²) in [7, 11) is 1.27. The van der Waals surface area contributed by atoms with E-state index in [1.165, 1.54) is 25.0 Å². The smallest absolute Gasteiger partial charge is 0.340 e. The average molecular weight is 407 g/mol. The van der Waals surface area contributed by atoms with Crippen molar-refractivity contribution in [2.45, 2.75) is 18.6 Å². The van der Waals surface area contributed by atoms with Gasteiger partial charge in [-0.3, -0.25) is 9.59 Å². The molecule has 0 radical (unpaired) electrons. The molecule has 118 valence electrons. The molecule has 2 rings (SSSR count). The van der Waals surface area contributed by atoms with E-state index in [0.29, 0.717) is 21.7 Å². The van der Waals surface area contributed by atoms with Gasteiger partial charge in [0.2, 0.25) is 5.91 Å². The SMILES string of the molecule is COC(=O)c1cc(Br)c(Cl)cc1N1CC(SC(C)=O)CC1=O. The lowest BCUT2D eigenvalue weighted by Gasteiger charge is -2.20. The van der Waals surface area contributed by atoms with Gasteiger partial charge in [-0.15, -0.1) is 0 Å². The Balaban J connectivity index is 2.39. The van der Waals surface area contributed by atoms with E-state index in [9.17, 15) is 14.4 Å². The minimum Gasteiger partial charge on any atom is -0.465 e. The van der Waals surface area contributed by atoms with Crippen molar-refractivity contribution in [1.29, 1.82) is 0 Å². The number of carbonyl (C=O) groups excluding carboxylic acids is 3. The standard InChI is InChI=1S/C14H13BrClNO4S/c1-7(18)22-8-3-13(19)17(6-8)12-5-11(16)10(15)4-9(12)14(20)21-2/h4-5,8H,3,6H2,1-2H3. The largest absolute Gasteiger partial charge is 0.465 e. The summed E-state index contributed by atoms with van der Waals surface area (Å²) < 4.78 is 5.30. The van der Waals surface area contributed by atoms with Gasteiger partial charge in [0.1, 0.15) is 0 Å². The van der Waals surface area contributed by atoms with Gasteiger partial charge in [0.15, 0.2) is 5.12 Å². The van der Waals surface area contributed by atoms with Crippen molar-refractivity contribution in [2.24, 2.45) is 0 Å². The maximum Gasteiger partial charge on any atom is 0.340 e. The number of rotatable bonds is 3. The Morgan fingerprint density at radius 2 is 2.14 bits per heavy atom. The molecule has 1 aliphatic rings. The number of benzene rings is 1. The van der Waals surface area contributed by atoms with E-state index in [4.69, 9.17) is 16.3 Å². The third kappa shape index (κ3) is 3.64. The number of ether oxygens (including phenoxy) is 1. The zero-order valence-electron chi connectivity index (χ0n) is 11.9. The van der Waals surface area contributed by atoms with Crippen molar-refractivity contribution in [3.63, 3.8) is 0 Å². The highest BCUT2D eigenvalue weighted by molar-refractivity contribution is 9.10. The first kappa shape index (κ1) is 17.3. The van der Waals surface area contributed by atoms with Crippen LogP contribution in [0.1, 0.15) is 23.7 Å². The third-order valence-electron chi connectivity index (χ3n) is 3.16. The van der Waals surface area contributed by atoms with E-state index in [1.807, 2.05) is 0 Å². The Morgan fingerprint density at radius 3 is 2.73 bits per heavy atom. The van der Waals surface area contributed by atoms with Crippen LogP contribution in [0.15, 0.2) is 16.6 Å². The van der Waals surface area contributed by atoms with Crippen molar-refractivity contribution < 1.29 is 19.1 Å². The van der Waals surface area contributed by atoms with Gasteiger partial charge in [-0.2, -0.15) is 0 Å². The number of thioether (sulfide) groups is 1. The quantitative estimate of drug-likeness (QED) is 0.721. The summed E-state index contributed by atoms with van der Waals surface area (Å²) in [5.74, 6) is -0.704. The predicted molar refractivity (Wildman–Crippen MR) is 89.5 cm³/mol. The molecule has 22 heavy (non-hydrogen) atoms. The first-order chi connectivity index (χ1) is 10.3. The lowest BCUT2D eigenvalue weighted by Crippen LogP contribution is -2.27. The Morgan fingerprint density at radius 1 is 1.45 bits per heavy atom. The molecule has 1 aromatic rings. The first-order valence-corrected chi connectivity index (χ1v) is 8.43. The van der Waals surface area contributed by atoms with Crippen molar-refractivity contribution in [1.82, 2.24) is 0 Å². The van der Waals surface area contributed by atoms with Crippen LogP contribution < -0.4 is 4.90 Å². The Bertz CT molecular complexity index is 652. The van der Waals surface area contributed by atoms with E-state index in [-0.39, 0.29) is 28.3 Å². The summed E-state index contributed by atoms with van der Waals surface area (Å²) in [4.78, 5) is 36.8. The van der Waals surface area contributed by atoms with Crippen LogP contribution in [-0.2, 0) is 14.3 Å². The second-order valence-corrected chi connectivity index (χ2v) is 7.45. The van der Waals surface area contributed by atoms with E-state index >= 15 is 0 Å². The number of esters is 1. The molecule has 0 bridgehead atoms. The predicted octanol–water partition coefficient (Wildman–Crippen LogP) is 3.27. The van der Waals surface area contributed by atoms with Gasteiger partial charge in [0, 0.05) is 29.6 Å². The Labute approximate surface area is 145 Å². The molecule has 0 aliphatic carbocycles. The van der Waals surface area contributed by atoms with Crippen LogP contribution in [-0.4, -0.2) is 35.9 Å². The topological polar surface area (TPSA) is 63.7 Å². The maximum atomic E-state index is 12.2. The average Bonchev–Trinajstić information content (AvgIpc) is 2.80. The molecule has 0 N–H and O–H groups in total. The zero-order chi connectivity index (χ0) is 16.4. The van der Waals surface area contributed by atoms with E-state index in [1.54, 1.807) is 6.07 Å². The number of halogens is 2. The van der Waals surface area contributed by atoms with Crippen LogP contribution in [0.2, 0.25) is 5.02 Å². The minimum atomic E-state index is -0.553. The fourth-order valence-corrected chi connectivity index (χ4v) is 3.67. The summed E-state index contributed by atoms with van der Waals surface area (Å²) in [6.07, 6.45) is 0.249. The molecular formula is C14H13BrClNO4S. The minimum absolute atomic E-state index is 0.0401. The van der Waals surface area contributed by atoms with Crippen molar-refractivity contribution in [2.75, 3.05) is 18.6 Å². The van der Waals surface area contributed by atoms with Gasteiger partial charge in [0.05, 0.1) is 23.4 Å². The van der Waals surface area contributed by atoms with Crippen LogP contribution >= 0.6 is 39.3 Å². The highest BCUT2D eigenvalue weighted by Gasteiger charge is 2.34. The molecule has 1 unspecified atom stereocenters. The second-order valence-electron chi connectivity index (χ2n) is 4.71. The molecule has 1 atom stereocenters. The number of amides is 1. The van der Waals surface area contributed by atoms with E-state index in [0.717, 1.165) is 11.8 Å². The number of methoxy groups -OCH3 is 1. The molecule has 8 heteroatoms. The Hall–Kier alpha value is -1.05. The van der Waals surface area contributed by atoms with E-state index < -0.39 is 5.97 Å². The summed E-state index contributed by atoms with van der Waals surface area (Å²) in [6, 6.07) is 3.08. The van der Waals surface area contributed by atoms with Gasteiger partial charge in [-0.25, -0.2) is 4.79 Å². The molecule has 1 aromatic carbocycles. The van der Waals surface area contributed by atoms with Gasteiger partial charge in [0.25, 0.3) is 0 Å². The lowest BCUT2D eigenvalue weighted by atomic mass is 10.1. The number of hydrogen-bond donors (Lipinski definition) is 0. The molecule has 1 aliphatic heterocycles. The molecule has 1 heterocycles. The molecule has 0 saturated carbocycles. The lowest BCUT2D eigenvalue weighted by molar-refractivity contribution is -0.117. The molecule has 0 aromatic heterocycles. The summed E-state index contributed by atoms with van der Waals surface area (Å²) in [5.41, 5.74) is 0.650. The van der Waals surface area contributed by atoms with Gasteiger partial charge < -0.3 is 9.64 Å². The van der Waals surface area contributed by atoms with Crippen LogP contribution in [0.5, 0.6) is 0 Å². The molecule has 0 spiro atoms. The fourth-order valence-electron chi connectivity index (χ4n) is 2.25. The summed E-state index contributed by atoms with van der Waals surface area (Å²) in [5, 5.41) is 0.220. The second kappa shape index (κ2) is 7.02. The Kier molecular flexibility index (Phi) is 5.52. The summed E-state index contributed by atoms with van der Waals surface area (Å²) in [6.45, 7) is 1.82. The summed E-state index contributed by atoms with van der Waals surface area (Å²) >= 11 is 10.5. The highest BCUT2D eigenvalue weighted by atomic mass is 79.9. The van der Waals surface area contributed by atoms with Crippen molar-refractivity contribution in [3.8, 4) is 0 Å². The molecule has 1 fully saturated rings. The van der Waals surface area contributed by atoms with Crippen molar-refractivity contribution in [3.05, 3.63) is 27.2 Å². The molecule has 5 nitrogen and oxygen atoms in total. The van der Waals surface area contributed by atoms with Crippen LogP contribution in [0, 0.1) is 0 Å². The zero-order valence-corrected chi connectivity index (χ0v) is 15.0. The molecule has 1 amide bonds. The fraction of sp³-hybridized carbons (Fsp3) is 0.357.